The van der Waals surface area contributed by atoms with Crippen LogP contribution in [0.15, 0.2) is 71.6 Å². The van der Waals surface area contributed by atoms with Gasteiger partial charge in [0, 0.05) is 11.8 Å². The van der Waals surface area contributed by atoms with Gasteiger partial charge < -0.3 is 19.5 Å². The van der Waals surface area contributed by atoms with Gasteiger partial charge in [0.15, 0.2) is 11.5 Å². The van der Waals surface area contributed by atoms with Crippen molar-refractivity contribution in [1.82, 2.24) is 4.72 Å². The molecule has 0 fully saturated rings. The molecule has 0 radical (unpaired) electrons. The smallest absolute Gasteiger partial charge is 0.242 e. The monoisotopic (exact) mass is 468 g/mol. The number of amides is 1. The van der Waals surface area contributed by atoms with Crippen molar-refractivity contribution in [3.05, 3.63) is 77.9 Å². The van der Waals surface area contributed by atoms with Gasteiger partial charge in [-0.05, 0) is 54.8 Å². The zero-order chi connectivity index (χ0) is 23.4. The molecule has 1 aliphatic rings. The molecule has 0 spiro atoms. The third kappa shape index (κ3) is 5.27. The second-order valence-electron chi connectivity index (χ2n) is 7.55. The van der Waals surface area contributed by atoms with Crippen molar-refractivity contribution in [3.8, 4) is 17.2 Å². The van der Waals surface area contributed by atoms with Gasteiger partial charge in [0.1, 0.15) is 11.8 Å². The van der Waals surface area contributed by atoms with Gasteiger partial charge in [-0.1, -0.05) is 30.3 Å². The third-order valence-electron chi connectivity index (χ3n) is 5.21. The van der Waals surface area contributed by atoms with Crippen molar-refractivity contribution >= 4 is 21.6 Å². The molecule has 3 aromatic rings. The predicted molar refractivity (Wildman–Crippen MR) is 123 cm³/mol. The van der Waals surface area contributed by atoms with Crippen LogP contribution < -0.4 is 24.2 Å². The molecule has 0 saturated heterocycles. The van der Waals surface area contributed by atoms with Crippen LogP contribution in [-0.4, -0.2) is 34.3 Å². The molecule has 8 nitrogen and oxygen atoms in total. The van der Waals surface area contributed by atoms with Gasteiger partial charge >= 0.3 is 0 Å². The Morgan fingerprint density at radius 2 is 1.79 bits per heavy atom. The summed E-state index contributed by atoms with van der Waals surface area (Å²) in [6, 6.07) is 17.7. The van der Waals surface area contributed by atoms with Gasteiger partial charge in [-0.25, -0.2) is 8.42 Å². The van der Waals surface area contributed by atoms with E-state index in [0.717, 1.165) is 5.56 Å². The van der Waals surface area contributed by atoms with E-state index in [1.165, 1.54) is 19.2 Å². The first-order valence-corrected chi connectivity index (χ1v) is 11.8. The largest absolute Gasteiger partial charge is 0.496 e. The number of carbonyl (C=O) groups is 1. The molecule has 3 aromatic carbocycles. The summed E-state index contributed by atoms with van der Waals surface area (Å²) in [4.78, 5) is 13.2. The number of ether oxygens (including phenoxy) is 3. The van der Waals surface area contributed by atoms with E-state index in [2.05, 4.69) is 10.0 Å². The van der Waals surface area contributed by atoms with E-state index in [9.17, 15) is 13.2 Å². The number of methoxy groups -OCH3 is 1. The second-order valence-corrected chi connectivity index (χ2v) is 9.27. The van der Waals surface area contributed by atoms with Crippen molar-refractivity contribution in [3.63, 3.8) is 0 Å². The number of hydrogen-bond donors (Lipinski definition) is 2. The maximum atomic E-state index is 13.2. The Kier molecular flexibility index (Phi) is 6.52. The van der Waals surface area contributed by atoms with Crippen LogP contribution in [0.4, 0.5) is 5.69 Å². The van der Waals surface area contributed by atoms with Crippen LogP contribution in [0.1, 0.15) is 11.1 Å². The van der Waals surface area contributed by atoms with Gasteiger partial charge in [0.2, 0.25) is 22.7 Å². The number of fused-ring (bicyclic) bond motifs is 1. The Morgan fingerprint density at radius 3 is 2.52 bits per heavy atom. The number of anilines is 1. The number of carbonyl (C=O) groups excluding carboxylic acids is 1. The van der Waals surface area contributed by atoms with E-state index in [-0.39, 0.29) is 18.1 Å². The highest BCUT2D eigenvalue weighted by Crippen LogP contribution is 2.34. The molecular formula is C24H24N2O6S. The van der Waals surface area contributed by atoms with E-state index in [1.54, 1.807) is 31.2 Å². The molecule has 1 heterocycles. The van der Waals surface area contributed by atoms with Crippen molar-refractivity contribution in [2.24, 2.45) is 0 Å². The van der Waals surface area contributed by atoms with Crippen LogP contribution in [0.25, 0.3) is 0 Å². The van der Waals surface area contributed by atoms with Gasteiger partial charge in [-0.15, -0.1) is 0 Å². The number of aryl methyl sites for hydroxylation is 1. The summed E-state index contributed by atoms with van der Waals surface area (Å²) in [5.41, 5.74) is 1.96. The average molecular weight is 469 g/mol. The third-order valence-corrected chi connectivity index (χ3v) is 6.68. The molecule has 0 unspecified atom stereocenters. The zero-order valence-electron chi connectivity index (χ0n) is 18.2. The predicted octanol–water partition coefficient (Wildman–Crippen LogP) is 3.26. The van der Waals surface area contributed by atoms with Gasteiger partial charge in [-0.3, -0.25) is 4.79 Å². The molecule has 1 aliphatic heterocycles. The van der Waals surface area contributed by atoms with Crippen LogP contribution in [0.2, 0.25) is 0 Å². The lowest BCUT2D eigenvalue weighted by Crippen LogP contribution is -2.45. The van der Waals surface area contributed by atoms with Crippen molar-refractivity contribution in [2.45, 2.75) is 24.3 Å². The molecule has 1 amide bonds. The van der Waals surface area contributed by atoms with Crippen molar-refractivity contribution in [1.29, 1.82) is 0 Å². The van der Waals surface area contributed by atoms with Crippen LogP contribution in [0, 0.1) is 6.92 Å². The number of nitrogens with one attached hydrogen (secondary N) is 2. The summed E-state index contributed by atoms with van der Waals surface area (Å²) in [6.07, 6.45) is 0.172. The first-order valence-electron chi connectivity index (χ1n) is 10.3. The van der Waals surface area contributed by atoms with Crippen LogP contribution >= 0.6 is 0 Å². The minimum atomic E-state index is -3.99. The summed E-state index contributed by atoms with van der Waals surface area (Å²) in [6.45, 7) is 1.87. The number of sulfonamides is 1. The molecule has 0 bridgehead atoms. The molecule has 4 rings (SSSR count). The number of rotatable bonds is 8. The summed E-state index contributed by atoms with van der Waals surface area (Å²) in [5.74, 6) is 1.19. The normalized spacial score (nSPS) is 13.4. The summed E-state index contributed by atoms with van der Waals surface area (Å²) < 4.78 is 44.7. The lowest BCUT2D eigenvalue weighted by Gasteiger charge is -2.19. The minimum Gasteiger partial charge on any atom is -0.496 e. The standard InChI is InChI=1S/C24H24N2O6S/c1-16-12-19(9-11-21(16)30-2)33(28,29)26-20(13-17-6-4-3-5-7-17)24(27)25-18-8-10-22-23(14-18)32-15-31-22/h3-12,14,20,26H,13,15H2,1-2H3,(H,25,27)/t20-/m1/s1. The maximum absolute atomic E-state index is 13.2. The van der Waals surface area contributed by atoms with Crippen LogP contribution in [0.3, 0.4) is 0 Å². The second kappa shape index (κ2) is 9.51. The Morgan fingerprint density at radius 1 is 1.03 bits per heavy atom. The van der Waals surface area contributed by atoms with E-state index in [0.29, 0.717) is 28.5 Å². The van der Waals surface area contributed by atoms with Crippen LogP contribution in [-0.2, 0) is 21.2 Å². The molecule has 1 atom stereocenters. The van der Waals surface area contributed by atoms with Crippen molar-refractivity contribution < 1.29 is 27.4 Å². The van der Waals surface area contributed by atoms with E-state index < -0.39 is 22.0 Å². The van der Waals surface area contributed by atoms with Gasteiger partial charge in [0.05, 0.1) is 12.0 Å². The number of hydrogen-bond acceptors (Lipinski definition) is 6. The molecular weight excluding hydrogens is 444 g/mol. The molecule has 0 aromatic heterocycles. The molecule has 33 heavy (non-hydrogen) atoms. The fourth-order valence-electron chi connectivity index (χ4n) is 3.51. The molecule has 0 aliphatic carbocycles. The summed E-state index contributed by atoms with van der Waals surface area (Å²) >= 11 is 0. The maximum Gasteiger partial charge on any atom is 0.242 e. The first kappa shape index (κ1) is 22.6. The lowest BCUT2D eigenvalue weighted by molar-refractivity contribution is -0.117. The molecule has 0 saturated carbocycles. The van der Waals surface area contributed by atoms with E-state index >= 15 is 0 Å². The van der Waals surface area contributed by atoms with Gasteiger partial charge in [0.25, 0.3) is 0 Å². The van der Waals surface area contributed by atoms with Gasteiger partial charge in [-0.2, -0.15) is 4.72 Å². The Hall–Kier alpha value is -3.56. The highest BCUT2D eigenvalue weighted by molar-refractivity contribution is 7.89. The Labute approximate surface area is 192 Å². The molecule has 2 N–H and O–H groups in total. The Bertz CT molecular complexity index is 1260. The zero-order valence-corrected chi connectivity index (χ0v) is 19.0. The average Bonchev–Trinajstić information content (AvgIpc) is 3.27. The van der Waals surface area contributed by atoms with E-state index in [1.807, 2.05) is 30.3 Å². The lowest BCUT2D eigenvalue weighted by atomic mass is 10.1. The highest BCUT2D eigenvalue weighted by atomic mass is 32.2. The SMILES string of the molecule is COc1ccc(S(=O)(=O)N[C@H](Cc2ccccc2)C(=O)Nc2ccc3c(c2)OCO3)cc1C. The first-order chi connectivity index (χ1) is 15.9. The highest BCUT2D eigenvalue weighted by Gasteiger charge is 2.27. The summed E-state index contributed by atoms with van der Waals surface area (Å²) in [5, 5.41) is 2.77. The van der Waals surface area contributed by atoms with E-state index in [4.69, 9.17) is 14.2 Å². The van der Waals surface area contributed by atoms with Crippen molar-refractivity contribution in [2.75, 3.05) is 19.2 Å². The topological polar surface area (TPSA) is 103 Å². The molecule has 9 heteroatoms. The fraction of sp³-hybridized carbons (Fsp3) is 0.208. The number of benzene rings is 3. The molecule has 172 valence electrons. The summed E-state index contributed by atoms with van der Waals surface area (Å²) in [7, 11) is -2.47. The Balaban J connectivity index is 1.58. The quantitative estimate of drug-likeness (QED) is 0.526. The minimum absolute atomic E-state index is 0.0507. The van der Waals surface area contributed by atoms with Crippen LogP contribution in [0.5, 0.6) is 17.2 Å². The fourth-order valence-corrected chi connectivity index (χ4v) is 4.79.